The van der Waals surface area contributed by atoms with Crippen molar-refractivity contribution in [2.45, 2.75) is 0 Å². The van der Waals surface area contributed by atoms with Crippen LogP contribution in [-0.4, -0.2) is 19.6 Å². The van der Waals surface area contributed by atoms with E-state index < -0.39 is 18.5 Å². The van der Waals surface area contributed by atoms with E-state index in [9.17, 15) is 9.36 Å². The zero-order valence-electron chi connectivity index (χ0n) is 8.37. The van der Waals surface area contributed by atoms with Crippen LogP contribution in [0.4, 0.5) is 0 Å². The lowest BCUT2D eigenvalue weighted by Crippen LogP contribution is -2.27. The SMILES string of the molecule is O=c1c(P(=O)(O)O)c[nH]n1-c1ccccc1Cl. The second kappa shape index (κ2) is 4.16. The lowest BCUT2D eigenvalue weighted by molar-refractivity contribution is 0.387. The van der Waals surface area contributed by atoms with Gasteiger partial charge in [0.2, 0.25) is 0 Å². The first-order valence-corrected chi connectivity index (χ1v) is 6.52. The number of hydrogen-bond acceptors (Lipinski definition) is 2. The number of halogens is 1. The molecule has 0 aliphatic heterocycles. The molecule has 0 atom stereocenters. The monoisotopic (exact) mass is 274 g/mol. The summed E-state index contributed by atoms with van der Waals surface area (Å²) in [7, 11) is -4.58. The van der Waals surface area contributed by atoms with E-state index in [1.165, 1.54) is 0 Å². The molecule has 0 bridgehead atoms. The van der Waals surface area contributed by atoms with Crippen LogP contribution in [0.15, 0.2) is 35.3 Å². The number of para-hydroxylation sites is 1. The van der Waals surface area contributed by atoms with Crippen LogP contribution in [0.3, 0.4) is 0 Å². The second-order valence-corrected chi connectivity index (χ2v) is 5.27. The first-order chi connectivity index (χ1) is 7.91. The third-order valence-electron chi connectivity index (χ3n) is 2.16. The Morgan fingerprint density at radius 3 is 2.47 bits per heavy atom. The summed E-state index contributed by atoms with van der Waals surface area (Å²) < 4.78 is 12.0. The third-order valence-corrected chi connectivity index (χ3v) is 3.43. The van der Waals surface area contributed by atoms with E-state index in [0.717, 1.165) is 10.9 Å². The molecule has 2 aromatic rings. The molecule has 1 aromatic heterocycles. The van der Waals surface area contributed by atoms with E-state index in [1.807, 2.05) is 0 Å². The number of aromatic nitrogens is 2. The molecule has 0 spiro atoms. The van der Waals surface area contributed by atoms with Gasteiger partial charge in [0.1, 0.15) is 5.30 Å². The Labute approximate surface area is 101 Å². The fraction of sp³-hybridized carbons (Fsp3) is 0. The highest BCUT2D eigenvalue weighted by Gasteiger charge is 2.24. The van der Waals surface area contributed by atoms with E-state index in [-0.39, 0.29) is 0 Å². The Kier molecular flexibility index (Phi) is 2.97. The Bertz CT molecular complexity index is 657. The van der Waals surface area contributed by atoms with Crippen molar-refractivity contribution in [3.63, 3.8) is 0 Å². The number of nitrogens with zero attached hydrogens (tertiary/aromatic N) is 1. The van der Waals surface area contributed by atoms with E-state index in [1.54, 1.807) is 24.3 Å². The van der Waals surface area contributed by atoms with Crippen LogP contribution in [0, 0.1) is 0 Å². The molecule has 0 saturated carbocycles. The summed E-state index contributed by atoms with van der Waals surface area (Å²) in [6.07, 6.45) is 0.979. The quantitative estimate of drug-likeness (QED) is 0.700. The molecular formula is C9H8ClN2O4P. The Morgan fingerprint density at radius 2 is 1.94 bits per heavy atom. The van der Waals surface area contributed by atoms with E-state index in [4.69, 9.17) is 21.4 Å². The molecule has 1 heterocycles. The zero-order valence-corrected chi connectivity index (χ0v) is 10.0. The Hall–Kier alpha value is -1.33. The Morgan fingerprint density at radius 1 is 1.29 bits per heavy atom. The van der Waals surface area contributed by atoms with Crippen LogP contribution in [0.25, 0.3) is 5.69 Å². The van der Waals surface area contributed by atoms with Crippen molar-refractivity contribution in [1.29, 1.82) is 0 Å². The fourth-order valence-corrected chi connectivity index (χ4v) is 2.18. The molecular weight excluding hydrogens is 267 g/mol. The average molecular weight is 275 g/mol. The molecule has 0 amide bonds. The van der Waals surface area contributed by atoms with Gasteiger partial charge in [-0.25, -0.2) is 4.68 Å². The summed E-state index contributed by atoms with van der Waals surface area (Å²) in [4.78, 5) is 29.6. The zero-order chi connectivity index (χ0) is 12.6. The van der Waals surface area contributed by atoms with Gasteiger partial charge in [-0.2, -0.15) is 0 Å². The summed E-state index contributed by atoms with van der Waals surface area (Å²) in [5.41, 5.74) is -0.481. The van der Waals surface area contributed by atoms with Crippen LogP contribution in [0.1, 0.15) is 0 Å². The van der Waals surface area contributed by atoms with Gasteiger partial charge in [-0.1, -0.05) is 23.7 Å². The lowest BCUT2D eigenvalue weighted by atomic mass is 10.3. The molecule has 90 valence electrons. The third kappa shape index (κ3) is 2.21. The number of hydrogen-bond donors (Lipinski definition) is 3. The predicted octanol–water partition coefficient (Wildman–Crippen LogP) is 0.622. The van der Waals surface area contributed by atoms with E-state index in [0.29, 0.717) is 10.7 Å². The first kappa shape index (κ1) is 12.1. The predicted molar refractivity (Wildman–Crippen MR) is 63.1 cm³/mol. The van der Waals surface area contributed by atoms with Gasteiger partial charge >= 0.3 is 7.60 Å². The van der Waals surface area contributed by atoms with Crippen LogP contribution < -0.4 is 10.9 Å². The average Bonchev–Trinajstić information content (AvgIpc) is 2.60. The highest BCUT2D eigenvalue weighted by atomic mass is 35.5. The minimum atomic E-state index is -4.58. The standard InChI is InChI=1S/C9H8ClN2O4P/c10-6-3-1-2-4-7(6)12-9(13)8(5-11-12)17(14,15)16/h1-5,11H,(H2,14,15,16). The Balaban J connectivity index is 2.65. The van der Waals surface area contributed by atoms with Crippen molar-refractivity contribution >= 4 is 24.5 Å². The molecule has 2 rings (SSSR count). The van der Waals surface area contributed by atoms with Gasteiger partial charge in [0.15, 0.2) is 0 Å². The minimum Gasteiger partial charge on any atom is -0.321 e. The number of benzene rings is 1. The normalized spacial score (nSPS) is 11.7. The summed E-state index contributed by atoms with van der Waals surface area (Å²) in [6.45, 7) is 0. The van der Waals surface area contributed by atoms with E-state index in [2.05, 4.69) is 5.10 Å². The molecule has 6 nitrogen and oxygen atoms in total. The molecule has 1 aromatic carbocycles. The maximum absolute atomic E-state index is 11.7. The molecule has 0 unspecified atom stereocenters. The maximum atomic E-state index is 11.7. The van der Waals surface area contributed by atoms with Gasteiger partial charge in [-0.3, -0.25) is 14.5 Å². The van der Waals surface area contributed by atoms with Crippen LogP contribution in [0.5, 0.6) is 0 Å². The van der Waals surface area contributed by atoms with Crippen LogP contribution in [-0.2, 0) is 4.57 Å². The molecule has 0 aliphatic carbocycles. The van der Waals surface area contributed by atoms with Gasteiger partial charge in [0, 0.05) is 6.20 Å². The fourth-order valence-electron chi connectivity index (χ4n) is 1.38. The van der Waals surface area contributed by atoms with Crippen molar-refractivity contribution in [1.82, 2.24) is 9.78 Å². The summed E-state index contributed by atoms with van der Waals surface area (Å²) in [6, 6.07) is 6.47. The molecule has 17 heavy (non-hydrogen) atoms. The minimum absolute atomic E-state index is 0.300. The molecule has 8 heteroatoms. The van der Waals surface area contributed by atoms with Gasteiger partial charge in [-0.05, 0) is 12.1 Å². The molecule has 0 radical (unpaired) electrons. The van der Waals surface area contributed by atoms with Crippen molar-refractivity contribution in [3.05, 3.63) is 45.8 Å². The largest absolute Gasteiger partial charge is 0.363 e. The lowest BCUT2D eigenvalue weighted by Gasteiger charge is -2.03. The van der Waals surface area contributed by atoms with Gasteiger partial charge in [0.25, 0.3) is 5.56 Å². The number of nitrogens with one attached hydrogen (secondary N) is 1. The summed E-state index contributed by atoms with van der Waals surface area (Å²) in [5, 5.41) is 2.18. The van der Waals surface area contributed by atoms with Crippen LogP contribution in [0.2, 0.25) is 5.02 Å². The van der Waals surface area contributed by atoms with Gasteiger partial charge in [-0.15, -0.1) is 0 Å². The second-order valence-electron chi connectivity index (χ2n) is 3.29. The van der Waals surface area contributed by atoms with Gasteiger partial charge < -0.3 is 9.79 Å². The topological polar surface area (TPSA) is 95.3 Å². The van der Waals surface area contributed by atoms with Gasteiger partial charge in [0.05, 0.1) is 10.7 Å². The van der Waals surface area contributed by atoms with Crippen molar-refractivity contribution in [2.24, 2.45) is 0 Å². The highest BCUT2D eigenvalue weighted by molar-refractivity contribution is 7.60. The van der Waals surface area contributed by atoms with Crippen molar-refractivity contribution in [2.75, 3.05) is 0 Å². The molecule has 3 N–H and O–H groups in total. The molecule has 0 saturated heterocycles. The molecule has 0 fully saturated rings. The summed E-state index contributed by atoms with van der Waals surface area (Å²) in [5.74, 6) is 0. The number of H-pyrrole nitrogens is 1. The van der Waals surface area contributed by atoms with Crippen LogP contribution >= 0.6 is 19.2 Å². The highest BCUT2D eigenvalue weighted by Crippen LogP contribution is 2.31. The summed E-state index contributed by atoms with van der Waals surface area (Å²) >= 11 is 5.88. The van der Waals surface area contributed by atoms with E-state index >= 15 is 0 Å². The first-order valence-electron chi connectivity index (χ1n) is 4.52. The smallest absolute Gasteiger partial charge is 0.321 e. The van der Waals surface area contributed by atoms with Crippen molar-refractivity contribution in [3.8, 4) is 5.69 Å². The maximum Gasteiger partial charge on any atom is 0.363 e. The number of rotatable bonds is 2. The van der Waals surface area contributed by atoms with Crippen molar-refractivity contribution < 1.29 is 14.4 Å². The molecule has 0 aliphatic rings. The number of aromatic amines is 1.